The van der Waals surface area contributed by atoms with Gasteiger partial charge in [-0.1, -0.05) is 32.4 Å². The van der Waals surface area contributed by atoms with Crippen molar-refractivity contribution >= 4 is 17.3 Å². The van der Waals surface area contributed by atoms with Gasteiger partial charge in [0.2, 0.25) is 5.69 Å². The molecule has 0 unspecified atom stereocenters. The number of halogens is 1. The lowest BCUT2D eigenvalue weighted by Crippen LogP contribution is -2.12. The van der Waals surface area contributed by atoms with Gasteiger partial charge in [-0.05, 0) is 11.0 Å². The Kier molecular flexibility index (Phi) is 2.58. The van der Waals surface area contributed by atoms with Crippen molar-refractivity contribution in [1.29, 1.82) is 0 Å². The van der Waals surface area contributed by atoms with E-state index in [1.807, 2.05) is 20.8 Å². The minimum atomic E-state index is -0.111. The molecule has 0 aliphatic heterocycles. The number of aromatic nitrogens is 1. The maximum absolute atomic E-state index is 6.99. The molecule has 0 radical (unpaired) electrons. The second kappa shape index (κ2) is 3.35. The average molecular weight is 195 g/mol. The van der Waals surface area contributed by atoms with Gasteiger partial charge in [-0.25, -0.2) is 4.85 Å². The van der Waals surface area contributed by atoms with Gasteiger partial charge in [0.15, 0.2) is 0 Å². The van der Waals surface area contributed by atoms with Crippen LogP contribution in [0.5, 0.6) is 0 Å². The van der Waals surface area contributed by atoms with Crippen LogP contribution in [0.25, 0.3) is 4.85 Å². The zero-order chi connectivity index (χ0) is 10.1. The summed E-state index contributed by atoms with van der Waals surface area (Å²) < 4.78 is 0. The highest BCUT2D eigenvalue weighted by atomic mass is 35.5. The van der Waals surface area contributed by atoms with Crippen LogP contribution in [0.15, 0.2) is 12.4 Å². The third-order valence-electron chi connectivity index (χ3n) is 1.75. The summed E-state index contributed by atoms with van der Waals surface area (Å²) in [6.45, 7) is 13.1. The smallest absolute Gasteiger partial charge is 0.210 e. The molecule has 0 aromatic carbocycles. The van der Waals surface area contributed by atoms with Crippen molar-refractivity contribution in [2.45, 2.75) is 26.2 Å². The first-order valence-corrected chi connectivity index (χ1v) is 4.36. The fourth-order valence-electron chi connectivity index (χ4n) is 1.25. The third-order valence-corrected chi connectivity index (χ3v) is 2.04. The molecule has 0 saturated heterocycles. The van der Waals surface area contributed by atoms with Gasteiger partial charge in [0, 0.05) is 12.4 Å². The Bertz CT molecular complexity index is 358. The third kappa shape index (κ3) is 1.99. The van der Waals surface area contributed by atoms with E-state index in [2.05, 4.69) is 9.83 Å². The fourth-order valence-corrected chi connectivity index (χ4v) is 1.69. The topological polar surface area (TPSA) is 17.2 Å². The minimum Gasteiger partial charge on any atom is -0.275 e. The molecule has 1 aromatic rings. The van der Waals surface area contributed by atoms with E-state index >= 15 is 0 Å². The normalized spacial score (nSPS) is 11.0. The molecular formula is C10H11ClN2. The summed E-state index contributed by atoms with van der Waals surface area (Å²) in [7, 11) is 0. The molecule has 0 N–H and O–H groups in total. The monoisotopic (exact) mass is 194 g/mol. The number of pyridine rings is 1. The average Bonchev–Trinajstić information content (AvgIpc) is 2.01. The Labute approximate surface area is 83.4 Å². The Morgan fingerprint density at radius 3 is 2.38 bits per heavy atom. The molecule has 68 valence electrons. The first kappa shape index (κ1) is 10.0. The molecule has 1 rings (SSSR count). The molecule has 0 atom stereocenters. The van der Waals surface area contributed by atoms with E-state index in [1.54, 1.807) is 12.4 Å². The van der Waals surface area contributed by atoms with Gasteiger partial charge >= 0.3 is 0 Å². The summed E-state index contributed by atoms with van der Waals surface area (Å²) in [5.74, 6) is 0. The quantitative estimate of drug-likeness (QED) is 0.577. The fraction of sp³-hybridized carbons (Fsp3) is 0.400. The zero-order valence-corrected chi connectivity index (χ0v) is 8.68. The number of hydrogen-bond donors (Lipinski definition) is 0. The predicted octanol–water partition coefficient (Wildman–Crippen LogP) is 3.58. The molecule has 0 fully saturated rings. The Morgan fingerprint density at radius 1 is 1.38 bits per heavy atom. The Hall–Kier alpha value is -1.07. The summed E-state index contributed by atoms with van der Waals surface area (Å²) in [5.41, 5.74) is 1.30. The lowest BCUT2D eigenvalue weighted by molar-refractivity contribution is 0.592. The van der Waals surface area contributed by atoms with Crippen molar-refractivity contribution in [2.75, 3.05) is 0 Å². The first-order chi connectivity index (χ1) is 5.96. The van der Waals surface area contributed by atoms with Crippen molar-refractivity contribution in [1.82, 2.24) is 4.98 Å². The van der Waals surface area contributed by atoms with Gasteiger partial charge in [0.25, 0.3) is 0 Å². The predicted molar refractivity (Wildman–Crippen MR) is 54.2 cm³/mol. The SMILES string of the molecule is [C-]#[N+]c1cncc(Cl)c1C(C)(C)C. The zero-order valence-electron chi connectivity index (χ0n) is 7.93. The highest BCUT2D eigenvalue weighted by Gasteiger charge is 2.21. The molecular weight excluding hydrogens is 184 g/mol. The molecule has 2 nitrogen and oxygen atoms in total. The van der Waals surface area contributed by atoms with Crippen LogP contribution < -0.4 is 0 Å². The second-order valence-corrected chi connectivity index (χ2v) is 4.28. The van der Waals surface area contributed by atoms with E-state index in [9.17, 15) is 0 Å². The van der Waals surface area contributed by atoms with Crippen LogP contribution in [0.1, 0.15) is 26.3 Å². The summed E-state index contributed by atoms with van der Waals surface area (Å²) in [5, 5.41) is 0.570. The van der Waals surface area contributed by atoms with Crippen LogP contribution in [-0.4, -0.2) is 4.98 Å². The minimum absolute atomic E-state index is 0.111. The summed E-state index contributed by atoms with van der Waals surface area (Å²) in [4.78, 5) is 7.28. The van der Waals surface area contributed by atoms with Crippen LogP contribution in [-0.2, 0) is 5.41 Å². The number of nitrogens with zero attached hydrogens (tertiary/aromatic N) is 2. The molecule has 0 spiro atoms. The van der Waals surface area contributed by atoms with Crippen LogP contribution in [0, 0.1) is 6.57 Å². The highest BCUT2D eigenvalue weighted by Crippen LogP contribution is 2.36. The van der Waals surface area contributed by atoms with Gasteiger partial charge in [-0.2, -0.15) is 0 Å². The van der Waals surface area contributed by atoms with E-state index < -0.39 is 0 Å². The number of hydrogen-bond acceptors (Lipinski definition) is 1. The molecule has 0 amide bonds. The van der Waals surface area contributed by atoms with Crippen LogP contribution in [0.2, 0.25) is 5.02 Å². The van der Waals surface area contributed by atoms with E-state index in [-0.39, 0.29) is 5.41 Å². The first-order valence-electron chi connectivity index (χ1n) is 3.98. The molecule has 3 heteroatoms. The summed E-state index contributed by atoms with van der Waals surface area (Å²) in [6, 6.07) is 0. The molecule has 13 heavy (non-hydrogen) atoms. The lowest BCUT2D eigenvalue weighted by Gasteiger charge is -2.21. The highest BCUT2D eigenvalue weighted by molar-refractivity contribution is 6.31. The molecule has 0 bridgehead atoms. The van der Waals surface area contributed by atoms with Gasteiger partial charge in [-0.15, -0.1) is 0 Å². The van der Waals surface area contributed by atoms with Crippen molar-refractivity contribution in [3.63, 3.8) is 0 Å². The molecule has 0 saturated carbocycles. The Morgan fingerprint density at radius 2 is 2.00 bits per heavy atom. The van der Waals surface area contributed by atoms with Crippen molar-refractivity contribution in [3.05, 3.63) is 34.4 Å². The van der Waals surface area contributed by atoms with Crippen LogP contribution in [0.4, 0.5) is 5.69 Å². The molecule has 1 heterocycles. The number of rotatable bonds is 0. The molecule has 0 aliphatic carbocycles. The van der Waals surface area contributed by atoms with E-state index in [1.165, 1.54) is 0 Å². The van der Waals surface area contributed by atoms with Crippen molar-refractivity contribution in [3.8, 4) is 0 Å². The van der Waals surface area contributed by atoms with Gasteiger partial charge in [0.05, 0.1) is 11.6 Å². The van der Waals surface area contributed by atoms with Crippen molar-refractivity contribution in [2.24, 2.45) is 0 Å². The van der Waals surface area contributed by atoms with Gasteiger partial charge in [-0.3, -0.25) is 4.98 Å². The van der Waals surface area contributed by atoms with Gasteiger partial charge < -0.3 is 0 Å². The standard InChI is InChI=1S/C10H11ClN2/c1-10(2,3)9-7(11)5-13-6-8(9)12-4/h5-6H,1-3H3. The lowest BCUT2D eigenvalue weighted by atomic mass is 9.86. The van der Waals surface area contributed by atoms with Crippen molar-refractivity contribution < 1.29 is 0 Å². The van der Waals surface area contributed by atoms with E-state index in [4.69, 9.17) is 18.2 Å². The van der Waals surface area contributed by atoms with Gasteiger partial charge in [0.1, 0.15) is 0 Å². The summed E-state index contributed by atoms with van der Waals surface area (Å²) in [6.07, 6.45) is 3.14. The second-order valence-electron chi connectivity index (χ2n) is 3.88. The Balaban J connectivity index is 3.43. The maximum atomic E-state index is 6.99. The molecule has 1 aromatic heterocycles. The largest absolute Gasteiger partial charge is 0.275 e. The van der Waals surface area contributed by atoms with E-state index in [0.717, 1.165) is 5.56 Å². The van der Waals surface area contributed by atoms with Crippen LogP contribution >= 0.6 is 11.6 Å². The van der Waals surface area contributed by atoms with E-state index in [0.29, 0.717) is 10.7 Å². The van der Waals surface area contributed by atoms with Crippen LogP contribution in [0.3, 0.4) is 0 Å². The summed E-state index contributed by atoms with van der Waals surface area (Å²) >= 11 is 5.99. The maximum Gasteiger partial charge on any atom is 0.210 e. The molecule has 0 aliphatic rings.